The van der Waals surface area contributed by atoms with Crippen LogP contribution in [0.4, 0.5) is 4.79 Å². The molecule has 6 nitrogen and oxygen atoms in total. The average Bonchev–Trinajstić information content (AvgIpc) is 3.26. The lowest BCUT2D eigenvalue weighted by molar-refractivity contribution is 0.190. The summed E-state index contributed by atoms with van der Waals surface area (Å²) in [5.74, 6) is 1.41. The highest BCUT2D eigenvalue weighted by molar-refractivity contribution is 7.16. The van der Waals surface area contributed by atoms with Gasteiger partial charge in [-0.2, -0.15) is 4.98 Å². The molecule has 3 heterocycles. The van der Waals surface area contributed by atoms with Crippen LogP contribution in [0.5, 0.6) is 0 Å². The van der Waals surface area contributed by atoms with Gasteiger partial charge in [-0.1, -0.05) is 30.6 Å². The molecule has 0 bridgehead atoms. The monoisotopic (exact) mass is 368 g/mol. The van der Waals surface area contributed by atoms with Gasteiger partial charge in [0.15, 0.2) is 5.82 Å². The summed E-state index contributed by atoms with van der Waals surface area (Å²) >= 11 is 7.46. The van der Waals surface area contributed by atoms with E-state index in [1.165, 1.54) is 0 Å². The molecule has 1 N–H and O–H groups in total. The van der Waals surface area contributed by atoms with E-state index in [0.29, 0.717) is 24.8 Å². The van der Waals surface area contributed by atoms with Gasteiger partial charge >= 0.3 is 6.03 Å². The molecule has 1 atom stereocenters. The van der Waals surface area contributed by atoms with Crippen LogP contribution in [0.3, 0.4) is 0 Å². The molecule has 24 heavy (non-hydrogen) atoms. The molecule has 1 aliphatic rings. The highest BCUT2D eigenvalue weighted by atomic mass is 35.5. The second-order valence-electron chi connectivity index (χ2n) is 6.18. The zero-order chi connectivity index (χ0) is 17.1. The van der Waals surface area contributed by atoms with Crippen molar-refractivity contribution >= 4 is 29.0 Å². The normalized spacial score (nSPS) is 17.7. The van der Waals surface area contributed by atoms with Crippen LogP contribution in [0, 0.1) is 0 Å². The molecule has 1 aliphatic heterocycles. The van der Waals surface area contributed by atoms with Crippen molar-refractivity contribution in [1.29, 1.82) is 0 Å². The Hall–Kier alpha value is -1.60. The third-order valence-electron chi connectivity index (χ3n) is 4.04. The van der Waals surface area contributed by atoms with Crippen molar-refractivity contribution < 1.29 is 9.32 Å². The number of halogens is 1. The van der Waals surface area contributed by atoms with E-state index in [9.17, 15) is 4.79 Å². The number of carbonyl (C=O) groups excluding carboxylic acids is 1. The van der Waals surface area contributed by atoms with Crippen molar-refractivity contribution in [3.63, 3.8) is 0 Å². The number of hydrogen-bond donors (Lipinski definition) is 1. The largest absolute Gasteiger partial charge is 0.339 e. The summed E-state index contributed by atoms with van der Waals surface area (Å²) in [4.78, 5) is 19.9. The smallest absolute Gasteiger partial charge is 0.318 e. The standard InChI is InChI=1S/C16H21ClN4O2S/c1-10(2)15-19-14(20-23-15)12-4-3-9-21(12)16(22)18-8-7-11-5-6-13(17)24-11/h5-6,10,12H,3-4,7-9H2,1-2H3,(H,18,22). The summed E-state index contributed by atoms with van der Waals surface area (Å²) in [5.41, 5.74) is 0. The van der Waals surface area contributed by atoms with Crippen molar-refractivity contribution in [3.05, 3.63) is 33.1 Å². The molecule has 2 aromatic rings. The lowest BCUT2D eigenvalue weighted by Crippen LogP contribution is -2.40. The zero-order valence-corrected chi connectivity index (χ0v) is 15.4. The Kier molecular flexibility index (Phi) is 5.40. The van der Waals surface area contributed by atoms with Gasteiger partial charge in [0.25, 0.3) is 0 Å². The fraction of sp³-hybridized carbons (Fsp3) is 0.562. The fourth-order valence-electron chi connectivity index (χ4n) is 2.78. The topological polar surface area (TPSA) is 71.3 Å². The maximum Gasteiger partial charge on any atom is 0.318 e. The van der Waals surface area contributed by atoms with Gasteiger partial charge in [0, 0.05) is 23.9 Å². The lowest BCUT2D eigenvalue weighted by Gasteiger charge is -2.22. The van der Waals surface area contributed by atoms with Gasteiger partial charge in [-0.05, 0) is 31.4 Å². The Labute approximate surface area is 150 Å². The van der Waals surface area contributed by atoms with Crippen molar-refractivity contribution in [1.82, 2.24) is 20.4 Å². The van der Waals surface area contributed by atoms with Crippen LogP contribution >= 0.6 is 22.9 Å². The van der Waals surface area contributed by atoms with Crippen LogP contribution in [0.25, 0.3) is 0 Å². The SMILES string of the molecule is CC(C)c1nc(C2CCCN2C(=O)NCCc2ccc(Cl)s2)no1. The van der Waals surface area contributed by atoms with Crippen molar-refractivity contribution in [3.8, 4) is 0 Å². The molecule has 0 radical (unpaired) electrons. The summed E-state index contributed by atoms with van der Waals surface area (Å²) < 4.78 is 6.05. The van der Waals surface area contributed by atoms with Crippen LogP contribution in [0.15, 0.2) is 16.7 Å². The van der Waals surface area contributed by atoms with Gasteiger partial charge in [0.05, 0.1) is 10.4 Å². The number of nitrogens with zero attached hydrogens (tertiary/aromatic N) is 3. The molecule has 3 rings (SSSR count). The number of rotatable bonds is 5. The van der Waals surface area contributed by atoms with E-state index in [1.54, 1.807) is 16.2 Å². The average molecular weight is 369 g/mol. The second kappa shape index (κ2) is 7.53. The predicted molar refractivity (Wildman–Crippen MR) is 93.5 cm³/mol. The Balaban J connectivity index is 1.56. The summed E-state index contributed by atoms with van der Waals surface area (Å²) in [6.07, 6.45) is 2.59. The van der Waals surface area contributed by atoms with E-state index in [-0.39, 0.29) is 18.0 Å². The minimum absolute atomic E-state index is 0.0731. The third-order valence-corrected chi connectivity index (χ3v) is 5.33. The molecule has 0 spiro atoms. The molecular formula is C16H21ClN4O2S. The first-order chi connectivity index (χ1) is 11.5. The molecule has 1 fully saturated rings. The first-order valence-electron chi connectivity index (χ1n) is 8.16. The molecular weight excluding hydrogens is 348 g/mol. The molecule has 1 unspecified atom stereocenters. The Morgan fingerprint density at radius 3 is 3.04 bits per heavy atom. The van der Waals surface area contributed by atoms with Crippen LogP contribution in [0.1, 0.15) is 55.2 Å². The highest BCUT2D eigenvalue weighted by Gasteiger charge is 2.33. The summed E-state index contributed by atoms with van der Waals surface area (Å²) in [5, 5.41) is 7.04. The lowest BCUT2D eigenvalue weighted by atomic mass is 10.2. The van der Waals surface area contributed by atoms with Crippen molar-refractivity contribution in [2.24, 2.45) is 0 Å². The number of urea groups is 1. The Morgan fingerprint density at radius 2 is 2.38 bits per heavy atom. The van der Waals surface area contributed by atoms with Crippen LogP contribution in [-0.2, 0) is 6.42 Å². The van der Waals surface area contributed by atoms with E-state index >= 15 is 0 Å². The Morgan fingerprint density at radius 1 is 1.54 bits per heavy atom. The fourth-order valence-corrected chi connectivity index (χ4v) is 3.86. The molecule has 2 aromatic heterocycles. The number of carbonyl (C=O) groups is 1. The molecule has 0 aromatic carbocycles. The van der Waals surface area contributed by atoms with E-state index in [2.05, 4.69) is 15.5 Å². The minimum atomic E-state index is -0.0996. The van der Waals surface area contributed by atoms with Gasteiger partial charge in [0.2, 0.25) is 5.89 Å². The first-order valence-corrected chi connectivity index (χ1v) is 9.36. The number of hydrogen-bond acceptors (Lipinski definition) is 5. The summed E-state index contributed by atoms with van der Waals surface area (Å²) in [6, 6.07) is 3.70. The molecule has 1 saturated heterocycles. The molecule has 130 valence electrons. The van der Waals surface area contributed by atoms with Gasteiger partial charge in [0.1, 0.15) is 0 Å². The number of amides is 2. The van der Waals surface area contributed by atoms with Gasteiger partial charge < -0.3 is 14.7 Å². The van der Waals surface area contributed by atoms with Crippen molar-refractivity contribution in [2.75, 3.05) is 13.1 Å². The quantitative estimate of drug-likeness (QED) is 0.865. The number of likely N-dealkylation sites (tertiary alicyclic amines) is 1. The van der Waals surface area contributed by atoms with E-state index in [0.717, 1.165) is 28.5 Å². The molecule has 2 amide bonds. The number of nitrogens with one attached hydrogen (secondary N) is 1. The van der Waals surface area contributed by atoms with Crippen LogP contribution in [-0.4, -0.2) is 34.2 Å². The molecule has 0 saturated carbocycles. The van der Waals surface area contributed by atoms with Gasteiger partial charge in [-0.3, -0.25) is 0 Å². The maximum atomic E-state index is 12.5. The van der Waals surface area contributed by atoms with Gasteiger partial charge in [-0.15, -0.1) is 11.3 Å². The second-order valence-corrected chi connectivity index (χ2v) is 7.98. The van der Waals surface area contributed by atoms with Crippen LogP contribution < -0.4 is 5.32 Å². The van der Waals surface area contributed by atoms with E-state index in [4.69, 9.17) is 16.1 Å². The predicted octanol–water partition coefficient (Wildman–Crippen LogP) is 4.00. The molecule has 8 heteroatoms. The van der Waals surface area contributed by atoms with E-state index < -0.39 is 0 Å². The minimum Gasteiger partial charge on any atom is -0.339 e. The maximum absolute atomic E-state index is 12.5. The summed E-state index contributed by atoms with van der Waals surface area (Å²) in [6.45, 7) is 5.32. The zero-order valence-electron chi connectivity index (χ0n) is 13.8. The van der Waals surface area contributed by atoms with Gasteiger partial charge in [-0.25, -0.2) is 4.79 Å². The Bertz CT molecular complexity index is 700. The van der Waals surface area contributed by atoms with E-state index in [1.807, 2.05) is 26.0 Å². The number of thiophene rings is 1. The third kappa shape index (κ3) is 3.89. The first kappa shape index (κ1) is 17.2. The van der Waals surface area contributed by atoms with Crippen LogP contribution in [0.2, 0.25) is 4.34 Å². The van der Waals surface area contributed by atoms with Crippen molar-refractivity contribution in [2.45, 2.75) is 45.1 Å². The summed E-state index contributed by atoms with van der Waals surface area (Å²) in [7, 11) is 0. The molecule has 0 aliphatic carbocycles. The highest BCUT2D eigenvalue weighted by Crippen LogP contribution is 2.30. The number of aromatic nitrogens is 2.